The zero-order valence-corrected chi connectivity index (χ0v) is 11.7. The van der Waals surface area contributed by atoms with Crippen LogP contribution in [0, 0.1) is 5.82 Å². The first kappa shape index (κ1) is 13.2. The summed E-state index contributed by atoms with van der Waals surface area (Å²) < 4.78 is 37.8. The number of benzene rings is 1. The number of fused-ring (bicyclic) bond motifs is 1. The molecule has 0 saturated carbocycles. The number of hydrogen-bond donors (Lipinski definition) is 0. The van der Waals surface area contributed by atoms with Crippen LogP contribution in [0.2, 0.25) is 0 Å². The van der Waals surface area contributed by atoms with Gasteiger partial charge < -0.3 is 0 Å². The molecule has 20 heavy (non-hydrogen) atoms. The first-order valence-electron chi connectivity index (χ1n) is 6.57. The highest BCUT2D eigenvalue weighted by Crippen LogP contribution is 2.24. The van der Waals surface area contributed by atoms with Gasteiger partial charge in [0.05, 0.1) is 4.90 Å². The van der Waals surface area contributed by atoms with Crippen molar-refractivity contribution in [2.75, 3.05) is 0 Å². The Labute approximate surface area is 117 Å². The molecule has 0 fully saturated rings. The van der Waals surface area contributed by atoms with Crippen LogP contribution in [0.4, 0.5) is 4.39 Å². The largest absolute Gasteiger partial charge is 0.241 e. The lowest BCUT2D eigenvalue weighted by Gasteiger charge is -2.15. The van der Waals surface area contributed by atoms with Crippen molar-refractivity contribution in [3.63, 3.8) is 0 Å². The Bertz CT molecular complexity index is 739. The molecule has 0 N–H and O–H groups in total. The van der Waals surface area contributed by atoms with E-state index in [1.807, 2.05) is 6.07 Å². The summed E-state index contributed by atoms with van der Waals surface area (Å²) in [7, 11) is -3.67. The van der Waals surface area contributed by atoms with Crippen molar-refractivity contribution < 1.29 is 12.8 Å². The Morgan fingerprint density at radius 2 is 1.65 bits per heavy atom. The molecule has 0 unspecified atom stereocenters. The summed E-state index contributed by atoms with van der Waals surface area (Å²) in [5.41, 5.74) is 2.01. The molecule has 3 nitrogen and oxygen atoms in total. The molecule has 0 amide bonds. The highest BCUT2D eigenvalue weighted by Gasteiger charge is 2.21. The summed E-state index contributed by atoms with van der Waals surface area (Å²) >= 11 is 0. The second-order valence-electron chi connectivity index (χ2n) is 4.92. The van der Waals surface area contributed by atoms with Crippen LogP contribution < -0.4 is 0 Å². The van der Waals surface area contributed by atoms with Gasteiger partial charge in [-0.1, -0.05) is 6.07 Å². The molecular formula is C15H14FNO2S. The van der Waals surface area contributed by atoms with Crippen LogP contribution in [0.25, 0.3) is 0 Å². The molecule has 1 aromatic heterocycles. The lowest BCUT2D eigenvalue weighted by Crippen LogP contribution is -2.10. The van der Waals surface area contributed by atoms with E-state index in [0.29, 0.717) is 0 Å². The third-order valence-corrected chi connectivity index (χ3v) is 5.22. The Balaban J connectivity index is 2.05. The Hall–Kier alpha value is -1.75. The van der Waals surface area contributed by atoms with Crippen LogP contribution in [0.5, 0.6) is 0 Å². The second kappa shape index (κ2) is 4.98. The van der Waals surface area contributed by atoms with Gasteiger partial charge in [0, 0.05) is 5.69 Å². The van der Waals surface area contributed by atoms with Crippen LogP contribution in [0.15, 0.2) is 46.3 Å². The molecule has 1 aliphatic carbocycles. The summed E-state index contributed by atoms with van der Waals surface area (Å²) in [5, 5.41) is 0.0461. The van der Waals surface area contributed by atoms with E-state index >= 15 is 0 Å². The summed E-state index contributed by atoms with van der Waals surface area (Å²) in [6.45, 7) is 0. The molecule has 0 aliphatic heterocycles. The van der Waals surface area contributed by atoms with Crippen molar-refractivity contribution in [2.24, 2.45) is 0 Å². The maximum absolute atomic E-state index is 12.9. The maximum atomic E-state index is 12.9. The van der Waals surface area contributed by atoms with Crippen LogP contribution >= 0.6 is 0 Å². The van der Waals surface area contributed by atoms with Gasteiger partial charge in [0.2, 0.25) is 9.84 Å². The molecule has 0 bridgehead atoms. The number of pyridine rings is 1. The normalized spacial score (nSPS) is 14.8. The fourth-order valence-corrected chi connectivity index (χ4v) is 3.66. The number of aryl methyl sites for hydroxylation is 2. The molecular weight excluding hydrogens is 277 g/mol. The second-order valence-corrected chi connectivity index (χ2v) is 6.82. The third kappa shape index (κ3) is 2.33. The first-order valence-corrected chi connectivity index (χ1v) is 8.05. The quantitative estimate of drug-likeness (QED) is 0.799. The molecule has 1 heterocycles. The summed E-state index contributed by atoms with van der Waals surface area (Å²) in [4.78, 5) is 4.37. The Morgan fingerprint density at radius 1 is 0.950 bits per heavy atom. The molecule has 0 saturated heterocycles. The van der Waals surface area contributed by atoms with Gasteiger partial charge in [-0.25, -0.2) is 17.8 Å². The number of nitrogens with zero attached hydrogens (tertiary/aromatic N) is 1. The SMILES string of the molecule is O=S(=O)(c1ccc(F)cc1)c1ccc2c(n1)CCCC2. The van der Waals surface area contributed by atoms with E-state index in [-0.39, 0.29) is 9.92 Å². The number of sulfone groups is 1. The number of aromatic nitrogens is 1. The van der Waals surface area contributed by atoms with Gasteiger partial charge in [-0.05, 0) is 61.6 Å². The van der Waals surface area contributed by atoms with Crippen LogP contribution in [0.3, 0.4) is 0 Å². The molecule has 5 heteroatoms. The summed E-state index contributed by atoms with van der Waals surface area (Å²) in [5.74, 6) is -0.456. The zero-order chi connectivity index (χ0) is 14.2. The highest BCUT2D eigenvalue weighted by atomic mass is 32.2. The highest BCUT2D eigenvalue weighted by molar-refractivity contribution is 7.91. The van der Waals surface area contributed by atoms with Crippen LogP contribution in [-0.4, -0.2) is 13.4 Å². The zero-order valence-electron chi connectivity index (χ0n) is 10.8. The van der Waals surface area contributed by atoms with Crippen LogP contribution in [0.1, 0.15) is 24.1 Å². The van der Waals surface area contributed by atoms with E-state index in [4.69, 9.17) is 0 Å². The molecule has 1 aliphatic rings. The molecule has 0 radical (unpaired) electrons. The van der Waals surface area contributed by atoms with Crippen LogP contribution in [-0.2, 0) is 22.7 Å². The van der Waals surface area contributed by atoms with Crippen molar-refractivity contribution >= 4 is 9.84 Å². The van der Waals surface area contributed by atoms with Gasteiger partial charge >= 0.3 is 0 Å². The smallest absolute Gasteiger partial charge is 0.223 e. The topological polar surface area (TPSA) is 47.0 Å². The Morgan fingerprint density at radius 3 is 2.40 bits per heavy atom. The van der Waals surface area contributed by atoms with E-state index in [2.05, 4.69) is 4.98 Å². The van der Waals surface area contributed by atoms with E-state index in [9.17, 15) is 12.8 Å². The molecule has 1 aromatic carbocycles. The number of rotatable bonds is 2. The predicted molar refractivity (Wildman–Crippen MR) is 72.7 cm³/mol. The fraction of sp³-hybridized carbons (Fsp3) is 0.267. The van der Waals surface area contributed by atoms with Crippen molar-refractivity contribution in [1.29, 1.82) is 0 Å². The average molecular weight is 291 g/mol. The van der Waals surface area contributed by atoms with E-state index in [1.54, 1.807) is 6.07 Å². The number of halogens is 1. The predicted octanol–water partition coefficient (Wildman–Crippen LogP) is 2.93. The molecule has 0 atom stereocenters. The average Bonchev–Trinajstić information content (AvgIpc) is 2.47. The maximum Gasteiger partial charge on any atom is 0.223 e. The van der Waals surface area contributed by atoms with Gasteiger partial charge in [0.25, 0.3) is 0 Å². The van der Waals surface area contributed by atoms with Crippen molar-refractivity contribution in [3.8, 4) is 0 Å². The first-order chi connectivity index (χ1) is 9.57. The summed E-state index contributed by atoms with van der Waals surface area (Å²) in [6, 6.07) is 8.22. The molecule has 104 valence electrons. The standard InChI is InChI=1S/C15H14FNO2S/c16-12-6-8-13(9-7-12)20(18,19)15-10-5-11-3-1-2-4-14(11)17-15/h5-10H,1-4H2. The lowest BCUT2D eigenvalue weighted by atomic mass is 9.96. The van der Waals surface area contributed by atoms with Crippen molar-refractivity contribution in [2.45, 2.75) is 35.6 Å². The van der Waals surface area contributed by atoms with Gasteiger partial charge in [-0.3, -0.25) is 0 Å². The van der Waals surface area contributed by atoms with Gasteiger partial charge in [0.15, 0.2) is 5.03 Å². The van der Waals surface area contributed by atoms with Crippen molar-refractivity contribution in [3.05, 3.63) is 53.5 Å². The summed E-state index contributed by atoms with van der Waals surface area (Å²) in [6.07, 6.45) is 3.94. The van der Waals surface area contributed by atoms with E-state index in [0.717, 1.165) is 49.1 Å². The number of hydrogen-bond acceptors (Lipinski definition) is 3. The Kier molecular flexibility index (Phi) is 3.30. The lowest BCUT2D eigenvalue weighted by molar-refractivity contribution is 0.588. The van der Waals surface area contributed by atoms with Gasteiger partial charge in [0.1, 0.15) is 5.82 Å². The van der Waals surface area contributed by atoms with E-state index < -0.39 is 15.7 Å². The third-order valence-electron chi connectivity index (χ3n) is 3.55. The molecule has 3 rings (SSSR count). The van der Waals surface area contributed by atoms with Gasteiger partial charge in [-0.15, -0.1) is 0 Å². The minimum absolute atomic E-state index is 0.0461. The van der Waals surface area contributed by atoms with Crippen molar-refractivity contribution in [1.82, 2.24) is 4.98 Å². The van der Waals surface area contributed by atoms with Gasteiger partial charge in [-0.2, -0.15) is 0 Å². The minimum Gasteiger partial charge on any atom is -0.241 e. The monoisotopic (exact) mass is 291 g/mol. The molecule has 2 aromatic rings. The van der Waals surface area contributed by atoms with E-state index in [1.165, 1.54) is 12.1 Å². The minimum atomic E-state index is -3.67. The fourth-order valence-electron chi connectivity index (χ4n) is 2.45. The molecule has 0 spiro atoms.